The number of nitrogens with zero attached hydrogens (tertiary/aromatic N) is 2. The van der Waals surface area contributed by atoms with Gasteiger partial charge in [0, 0.05) is 22.6 Å². The molecule has 3 aromatic rings. The number of halogens is 3. The first kappa shape index (κ1) is 17.2. The highest BCUT2D eigenvalue weighted by atomic mass is 79.9. The van der Waals surface area contributed by atoms with Gasteiger partial charge < -0.3 is 9.73 Å². The molecule has 1 N–H and O–H groups in total. The molecule has 0 fully saturated rings. The Balaban J connectivity index is 1.60. The number of benzene rings is 2. The fourth-order valence-corrected chi connectivity index (χ4v) is 2.58. The van der Waals surface area contributed by atoms with E-state index in [1.54, 1.807) is 6.07 Å². The fourth-order valence-electron chi connectivity index (χ4n) is 2.18. The van der Waals surface area contributed by atoms with E-state index in [4.69, 9.17) is 4.42 Å². The molecular formula is C17H12BrF2N3O2. The Morgan fingerprint density at radius 2 is 1.88 bits per heavy atom. The van der Waals surface area contributed by atoms with Gasteiger partial charge >= 0.3 is 0 Å². The molecule has 0 atom stereocenters. The molecule has 0 aliphatic heterocycles. The lowest BCUT2D eigenvalue weighted by molar-refractivity contribution is -0.120. The van der Waals surface area contributed by atoms with Crippen molar-refractivity contribution < 1.29 is 18.0 Å². The number of carbonyl (C=O) groups is 1. The lowest BCUT2D eigenvalue weighted by Gasteiger charge is -2.04. The molecule has 3 rings (SSSR count). The van der Waals surface area contributed by atoms with Crippen LogP contribution < -0.4 is 5.32 Å². The molecule has 0 aliphatic carbocycles. The SMILES string of the molecule is O=C(Cc1nnc(-c2cccc(Br)c2)o1)NCc1cc(F)cc(F)c1. The molecule has 5 nitrogen and oxygen atoms in total. The van der Waals surface area contributed by atoms with Crippen molar-refractivity contribution in [3.05, 3.63) is 70.0 Å². The van der Waals surface area contributed by atoms with E-state index in [1.165, 1.54) is 0 Å². The Morgan fingerprint density at radius 1 is 1.12 bits per heavy atom. The fraction of sp³-hybridized carbons (Fsp3) is 0.118. The maximum atomic E-state index is 13.1. The summed E-state index contributed by atoms with van der Waals surface area (Å²) in [5.41, 5.74) is 1.05. The van der Waals surface area contributed by atoms with Gasteiger partial charge in [0.25, 0.3) is 0 Å². The molecule has 0 unspecified atom stereocenters. The first-order chi connectivity index (χ1) is 12.0. The maximum absolute atomic E-state index is 13.1. The summed E-state index contributed by atoms with van der Waals surface area (Å²) in [4.78, 5) is 11.9. The van der Waals surface area contributed by atoms with E-state index in [-0.39, 0.29) is 18.9 Å². The highest BCUT2D eigenvalue weighted by molar-refractivity contribution is 9.10. The normalized spacial score (nSPS) is 10.7. The van der Waals surface area contributed by atoms with E-state index in [1.807, 2.05) is 18.2 Å². The van der Waals surface area contributed by atoms with Crippen LogP contribution in [0, 0.1) is 11.6 Å². The Bertz CT molecular complexity index is 894. The van der Waals surface area contributed by atoms with Gasteiger partial charge in [-0.2, -0.15) is 0 Å². The molecule has 1 heterocycles. The lowest BCUT2D eigenvalue weighted by atomic mass is 10.2. The molecule has 8 heteroatoms. The Labute approximate surface area is 150 Å². The van der Waals surface area contributed by atoms with Crippen LogP contribution in [0.3, 0.4) is 0 Å². The number of nitrogens with one attached hydrogen (secondary N) is 1. The monoisotopic (exact) mass is 407 g/mol. The number of amides is 1. The summed E-state index contributed by atoms with van der Waals surface area (Å²) >= 11 is 3.35. The summed E-state index contributed by atoms with van der Waals surface area (Å²) in [7, 11) is 0. The van der Waals surface area contributed by atoms with Gasteiger partial charge in [-0.15, -0.1) is 10.2 Å². The van der Waals surface area contributed by atoms with Gasteiger partial charge in [0.05, 0.1) is 0 Å². The number of rotatable bonds is 5. The van der Waals surface area contributed by atoms with Crippen molar-refractivity contribution in [1.82, 2.24) is 15.5 Å². The smallest absolute Gasteiger partial charge is 0.247 e. The zero-order chi connectivity index (χ0) is 17.8. The van der Waals surface area contributed by atoms with E-state index in [0.29, 0.717) is 11.5 Å². The zero-order valence-electron chi connectivity index (χ0n) is 12.8. The van der Waals surface area contributed by atoms with Crippen LogP contribution in [0.1, 0.15) is 11.5 Å². The summed E-state index contributed by atoms with van der Waals surface area (Å²) in [6.07, 6.45) is -0.126. The average molecular weight is 408 g/mol. The quantitative estimate of drug-likeness (QED) is 0.700. The molecule has 128 valence electrons. The first-order valence-electron chi connectivity index (χ1n) is 7.29. The molecule has 0 aliphatic rings. The Hall–Kier alpha value is -2.61. The molecule has 0 spiro atoms. The van der Waals surface area contributed by atoms with Gasteiger partial charge in [-0.1, -0.05) is 22.0 Å². The van der Waals surface area contributed by atoms with Crippen molar-refractivity contribution in [2.75, 3.05) is 0 Å². The van der Waals surface area contributed by atoms with Gasteiger partial charge in [0.2, 0.25) is 17.7 Å². The first-order valence-corrected chi connectivity index (χ1v) is 8.09. The Morgan fingerprint density at radius 3 is 2.60 bits per heavy atom. The van der Waals surface area contributed by atoms with E-state index in [9.17, 15) is 13.6 Å². The molecule has 0 bridgehead atoms. The summed E-state index contributed by atoms with van der Waals surface area (Å²) in [6.45, 7) is 0.000139. The van der Waals surface area contributed by atoms with Crippen LogP contribution in [0.15, 0.2) is 51.4 Å². The summed E-state index contributed by atoms with van der Waals surface area (Å²) < 4.78 is 32.5. The number of hydrogen-bond donors (Lipinski definition) is 1. The molecule has 2 aromatic carbocycles. The number of aromatic nitrogens is 2. The van der Waals surface area contributed by atoms with Crippen molar-refractivity contribution in [1.29, 1.82) is 0 Å². The van der Waals surface area contributed by atoms with Crippen molar-refractivity contribution in [2.24, 2.45) is 0 Å². The molecule has 1 amide bonds. The molecule has 0 saturated heterocycles. The zero-order valence-corrected chi connectivity index (χ0v) is 14.4. The number of carbonyl (C=O) groups excluding carboxylic acids is 1. The standard InChI is InChI=1S/C17H12BrF2N3O2/c18-12-3-1-2-11(6-12)17-23-22-16(25-17)8-15(24)21-9-10-4-13(19)7-14(20)5-10/h1-7H,8-9H2,(H,21,24). The van der Waals surface area contributed by atoms with Gasteiger partial charge in [-0.3, -0.25) is 4.79 Å². The van der Waals surface area contributed by atoms with E-state index < -0.39 is 17.5 Å². The van der Waals surface area contributed by atoms with E-state index in [2.05, 4.69) is 31.4 Å². The van der Waals surface area contributed by atoms with Crippen LogP contribution in [0.25, 0.3) is 11.5 Å². The topological polar surface area (TPSA) is 68.0 Å². The summed E-state index contributed by atoms with van der Waals surface area (Å²) in [6, 6.07) is 10.4. The third kappa shape index (κ3) is 4.69. The third-order valence-corrected chi connectivity index (χ3v) is 3.76. The second-order valence-electron chi connectivity index (χ2n) is 5.24. The van der Waals surface area contributed by atoms with Gasteiger partial charge in [0.15, 0.2) is 0 Å². The average Bonchev–Trinajstić information content (AvgIpc) is 3.00. The largest absolute Gasteiger partial charge is 0.420 e. The van der Waals surface area contributed by atoms with E-state index >= 15 is 0 Å². The van der Waals surface area contributed by atoms with Crippen LogP contribution >= 0.6 is 15.9 Å². The number of hydrogen-bond acceptors (Lipinski definition) is 4. The minimum absolute atomic E-state index is 0.000139. The second-order valence-corrected chi connectivity index (χ2v) is 6.16. The van der Waals surface area contributed by atoms with Crippen molar-refractivity contribution in [3.8, 4) is 11.5 Å². The third-order valence-electron chi connectivity index (χ3n) is 3.26. The summed E-state index contributed by atoms with van der Waals surface area (Å²) in [5, 5.41) is 10.3. The lowest BCUT2D eigenvalue weighted by Crippen LogP contribution is -2.24. The van der Waals surface area contributed by atoms with Crippen molar-refractivity contribution in [3.63, 3.8) is 0 Å². The van der Waals surface area contributed by atoms with Crippen LogP contribution in [0.2, 0.25) is 0 Å². The molecule has 0 saturated carbocycles. The van der Waals surface area contributed by atoms with Crippen LogP contribution in [-0.4, -0.2) is 16.1 Å². The predicted octanol–water partition coefficient (Wildman–Crippen LogP) is 3.64. The van der Waals surface area contributed by atoms with Gasteiger partial charge in [-0.05, 0) is 35.9 Å². The molecule has 25 heavy (non-hydrogen) atoms. The highest BCUT2D eigenvalue weighted by Gasteiger charge is 2.13. The van der Waals surface area contributed by atoms with E-state index in [0.717, 1.165) is 28.2 Å². The van der Waals surface area contributed by atoms with Crippen molar-refractivity contribution in [2.45, 2.75) is 13.0 Å². The summed E-state index contributed by atoms with van der Waals surface area (Å²) in [5.74, 6) is -1.33. The molecule has 0 radical (unpaired) electrons. The molecular weight excluding hydrogens is 396 g/mol. The minimum Gasteiger partial charge on any atom is -0.420 e. The minimum atomic E-state index is -0.695. The van der Waals surface area contributed by atoms with Crippen LogP contribution in [0.5, 0.6) is 0 Å². The van der Waals surface area contributed by atoms with Gasteiger partial charge in [-0.25, -0.2) is 8.78 Å². The van der Waals surface area contributed by atoms with Crippen molar-refractivity contribution >= 4 is 21.8 Å². The van der Waals surface area contributed by atoms with Crippen LogP contribution in [-0.2, 0) is 17.8 Å². The highest BCUT2D eigenvalue weighted by Crippen LogP contribution is 2.21. The van der Waals surface area contributed by atoms with Crippen LogP contribution in [0.4, 0.5) is 8.78 Å². The second kappa shape index (κ2) is 7.52. The Kier molecular flexibility index (Phi) is 5.18. The molecule has 1 aromatic heterocycles. The van der Waals surface area contributed by atoms with Gasteiger partial charge in [0.1, 0.15) is 18.1 Å². The maximum Gasteiger partial charge on any atom is 0.247 e. The predicted molar refractivity (Wildman–Crippen MR) is 89.3 cm³/mol.